The number of hydrogen-bond donors (Lipinski definition) is 0. The highest BCUT2D eigenvalue weighted by Crippen LogP contribution is 2.36. The highest BCUT2D eigenvalue weighted by atomic mass is 16.6. The second-order valence-corrected chi connectivity index (χ2v) is 8.24. The molecule has 0 aliphatic carbocycles. The quantitative estimate of drug-likeness (QED) is 0.720. The first-order valence-electron chi connectivity index (χ1n) is 8.54. The normalized spacial score (nSPS) is 24.2. The Labute approximate surface area is 150 Å². The fourth-order valence-corrected chi connectivity index (χ4v) is 2.70. The van der Waals surface area contributed by atoms with Gasteiger partial charge in [-0.3, -0.25) is 9.69 Å². The van der Waals surface area contributed by atoms with E-state index in [1.165, 1.54) is 12.0 Å². The molecule has 0 unspecified atom stereocenters. The van der Waals surface area contributed by atoms with E-state index in [9.17, 15) is 14.4 Å². The topological polar surface area (TPSA) is 82.1 Å². The zero-order valence-corrected chi connectivity index (χ0v) is 16.7. The van der Waals surface area contributed by atoms with Crippen molar-refractivity contribution in [2.75, 3.05) is 7.11 Å². The second kappa shape index (κ2) is 7.32. The maximum absolute atomic E-state index is 12.8. The average Bonchev–Trinajstić information content (AvgIpc) is 2.74. The first-order valence-corrected chi connectivity index (χ1v) is 8.54. The smallest absolute Gasteiger partial charge is 0.413 e. The Morgan fingerprint density at radius 1 is 1.12 bits per heavy atom. The van der Waals surface area contributed by atoms with Gasteiger partial charge in [-0.05, 0) is 40.5 Å². The molecule has 144 valence electrons. The van der Waals surface area contributed by atoms with Gasteiger partial charge in [0, 0.05) is 5.92 Å². The molecule has 0 aromatic carbocycles. The van der Waals surface area contributed by atoms with Gasteiger partial charge in [-0.1, -0.05) is 20.8 Å². The van der Waals surface area contributed by atoms with Crippen molar-refractivity contribution >= 4 is 17.8 Å². The van der Waals surface area contributed by atoms with Crippen LogP contribution >= 0.6 is 0 Å². The summed E-state index contributed by atoms with van der Waals surface area (Å²) in [7, 11) is 1.22. The number of esters is 1. The minimum atomic E-state index is -1.18. The highest BCUT2D eigenvalue weighted by Gasteiger charge is 2.57. The molecule has 1 saturated heterocycles. The molecular formula is C18H31NO6. The van der Waals surface area contributed by atoms with Crippen LogP contribution in [0, 0.1) is 11.8 Å². The maximum Gasteiger partial charge on any atom is 0.413 e. The van der Waals surface area contributed by atoms with Crippen LogP contribution in [0.5, 0.6) is 0 Å². The summed E-state index contributed by atoms with van der Waals surface area (Å²) in [5.41, 5.74) is -1.93. The van der Waals surface area contributed by atoms with Crippen molar-refractivity contribution in [2.24, 2.45) is 11.8 Å². The summed E-state index contributed by atoms with van der Waals surface area (Å²) < 4.78 is 16.1. The zero-order chi connectivity index (χ0) is 19.7. The van der Waals surface area contributed by atoms with Crippen molar-refractivity contribution in [1.29, 1.82) is 0 Å². The largest absolute Gasteiger partial charge is 0.467 e. The highest BCUT2D eigenvalue weighted by molar-refractivity contribution is 5.94. The van der Waals surface area contributed by atoms with Crippen molar-refractivity contribution in [3.8, 4) is 0 Å². The number of ether oxygens (including phenoxy) is 3. The summed E-state index contributed by atoms with van der Waals surface area (Å²) in [5.74, 6) is -1.19. The van der Waals surface area contributed by atoms with Gasteiger partial charge in [0.2, 0.25) is 0 Å². The molecule has 0 aromatic rings. The molecular weight excluding hydrogens is 326 g/mol. The van der Waals surface area contributed by atoms with Crippen molar-refractivity contribution in [3.63, 3.8) is 0 Å². The van der Waals surface area contributed by atoms with Crippen LogP contribution in [0.1, 0.15) is 55.4 Å². The van der Waals surface area contributed by atoms with Gasteiger partial charge in [-0.25, -0.2) is 9.59 Å². The number of carbonyl (C=O) groups is 3. The lowest BCUT2D eigenvalue weighted by Gasteiger charge is -2.34. The molecule has 0 spiro atoms. The Bertz CT molecular complexity index is 534. The van der Waals surface area contributed by atoms with Crippen LogP contribution in [0.4, 0.5) is 4.79 Å². The molecule has 1 heterocycles. The van der Waals surface area contributed by atoms with E-state index in [-0.39, 0.29) is 17.6 Å². The average molecular weight is 357 g/mol. The first kappa shape index (κ1) is 21.4. The zero-order valence-electron chi connectivity index (χ0n) is 16.7. The predicted octanol–water partition coefficient (Wildman–Crippen LogP) is 2.76. The lowest BCUT2D eigenvalue weighted by atomic mass is 9.88. The van der Waals surface area contributed by atoms with E-state index in [1.807, 2.05) is 13.8 Å². The van der Waals surface area contributed by atoms with E-state index in [2.05, 4.69) is 0 Å². The molecule has 1 rings (SSSR count). The van der Waals surface area contributed by atoms with Gasteiger partial charge in [0.05, 0.1) is 7.11 Å². The molecule has 0 radical (unpaired) electrons. The Morgan fingerprint density at radius 2 is 1.64 bits per heavy atom. The fraction of sp³-hybridized carbons (Fsp3) is 0.833. The van der Waals surface area contributed by atoms with Crippen molar-refractivity contribution < 1.29 is 28.6 Å². The Balaban J connectivity index is 3.28. The molecule has 0 aromatic heterocycles. The third-order valence-electron chi connectivity index (χ3n) is 4.32. The van der Waals surface area contributed by atoms with Crippen LogP contribution in [-0.4, -0.2) is 53.3 Å². The van der Waals surface area contributed by atoms with Crippen molar-refractivity contribution in [3.05, 3.63) is 0 Å². The summed E-state index contributed by atoms with van der Waals surface area (Å²) >= 11 is 0. The molecule has 7 nitrogen and oxygen atoms in total. The summed E-state index contributed by atoms with van der Waals surface area (Å²) in [6.45, 7) is 14.1. The van der Waals surface area contributed by atoms with Gasteiger partial charge in [0.25, 0.3) is 0 Å². The van der Waals surface area contributed by atoms with Gasteiger partial charge in [-0.15, -0.1) is 0 Å². The fourth-order valence-electron chi connectivity index (χ4n) is 2.70. The number of hydrogen-bond acceptors (Lipinski definition) is 6. The second-order valence-electron chi connectivity index (χ2n) is 8.24. The van der Waals surface area contributed by atoms with Crippen LogP contribution in [-0.2, 0) is 23.8 Å². The summed E-state index contributed by atoms with van der Waals surface area (Å²) in [5, 5.41) is 0. The Morgan fingerprint density at radius 3 is 2.04 bits per heavy atom. The van der Waals surface area contributed by atoms with Crippen LogP contribution in [0.2, 0.25) is 0 Å². The molecule has 1 fully saturated rings. The first-order chi connectivity index (χ1) is 11.2. The van der Waals surface area contributed by atoms with Gasteiger partial charge in [-0.2, -0.15) is 0 Å². The number of nitrogens with zero attached hydrogens (tertiary/aromatic N) is 1. The molecule has 25 heavy (non-hydrogen) atoms. The molecule has 1 aliphatic heterocycles. The number of Topliss-reactive ketones (excluding diaryl/α,β-unsaturated/α-hetero) is 1. The molecule has 0 bridgehead atoms. The third-order valence-corrected chi connectivity index (χ3v) is 4.32. The van der Waals surface area contributed by atoms with E-state index in [1.54, 1.807) is 41.5 Å². The third kappa shape index (κ3) is 4.71. The SMILES string of the molecule is COC(=O)[C@H]1[C@@H](C(=O)[C@H](C)C(C)C)OC(C)(C)N1C(=O)OC(C)(C)C. The molecule has 1 amide bonds. The van der Waals surface area contributed by atoms with Crippen molar-refractivity contribution in [1.82, 2.24) is 4.90 Å². The van der Waals surface area contributed by atoms with E-state index < -0.39 is 35.5 Å². The molecule has 0 saturated carbocycles. The van der Waals surface area contributed by atoms with Gasteiger partial charge >= 0.3 is 12.1 Å². The molecule has 0 N–H and O–H groups in total. The van der Waals surface area contributed by atoms with E-state index >= 15 is 0 Å². The molecule has 1 aliphatic rings. The summed E-state index contributed by atoms with van der Waals surface area (Å²) in [6, 6.07) is -1.18. The molecule has 7 heteroatoms. The van der Waals surface area contributed by atoms with E-state index in [0.29, 0.717) is 0 Å². The molecule has 3 atom stereocenters. The van der Waals surface area contributed by atoms with Gasteiger partial charge < -0.3 is 14.2 Å². The van der Waals surface area contributed by atoms with Crippen LogP contribution in [0.15, 0.2) is 0 Å². The minimum Gasteiger partial charge on any atom is -0.467 e. The monoisotopic (exact) mass is 357 g/mol. The number of ketones is 1. The predicted molar refractivity (Wildman–Crippen MR) is 91.8 cm³/mol. The van der Waals surface area contributed by atoms with Crippen LogP contribution in [0.3, 0.4) is 0 Å². The van der Waals surface area contributed by atoms with Crippen molar-refractivity contribution in [2.45, 2.75) is 78.9 Å². The van der Waals surface area contributed by atoms with Gasteiger partial charge in [0.15, 0.2) is 17.9 Å². The van der Waals surface area contributed by atoms with Crippen LogP contribution < -0.4 is 0 Å². The summed E-state index contributed by atoms with van der Waals surface area (Å²) in [4.78, 5) is 39.1. The number of amides is 1. The van der Waals surface area contributed by atoms with Crippen LogP contribution in [0.25, 0.3) is 0 Å². The van der Waals surface area contributed by atoms with E-state index in [0.717, 1.165) is 0 Å². The minimum absolute atomic E-state index is 0.0769. The van der Waals surface area contributed by atoms with E-state index in [4.69, 9.17) is 14.2 Å². The number of methoxy groups -OCH3 is 1. The lowest BCUT2D eigenvalue weighted by Crippen LogP contribution is -2.54. The number of carbonyl (C=O) groups excluding carboxylic acids is 3. The summed E-state index contributed by atoms with van der Waals surface area (Å²) in [6.07, 6.45) is -1.81. The Kier molecular flexibility index (Phi) is 6.27. The van der Waals surface area contributed by atoms with Gasteiger partial charge in [0.1, 0.15) is 11.3 Å². The Hall–Kier alpha value is -1.63. The standard InChI is InChI=1S/C18H31NO6/c1-10(2)11(3)13(20)14-12(15(21)23-9)19(18(7,8)24-14)16(22)25-17(4,5)6/h10-12,14H,1-9H3/t11-,12-,14+/m1/s1. The maximum atomic E-state index is 12.8. The number of rotatable bonds is 4. The lowest BCUT2D eigenvalue weighted by molar-refractivity contribution is -0.150.